The number of alkyl carbamates (subject to hydrolysis) is 1. The molecule has 1 rings (SSSR count). The number of nitrogens with two attached hydrogens (primary N) is 2. The molecule has 3 atom stereocenters. The molecule has 12 heteroatoms. The van der Waals surface area contributed by atoms with Gasteiger partial charge >= 0.3 is 6.09 Å². The number of carbonyl (C=O) groups excluding carboxylic acids is 5. The summed E-state index contributed by atoms with van der Waals surface area (Å²) < 4.78 is 5.18. The van der Waals surface area contributed by atoms with Gasteiger partial charge in [0.25, 0.3) is 0 Å². The topological polar surface area (TPSA) is 186 Å². The first kappa shape index (κ1) is 37.4. The van der Waals surface area contributed by atoms with Crippen molar-refractivity contribution in [3.63, 3.8) is 0 Å². The molecule has 7 N–H and O–H groups in total. The number of hydrogen-bond acceptors (Lipinski definition) is 7. The highest BCUT2D eigenvalue weighted by atomic mass is 16.6. The summed E-state index contributed by atoms with van der Waals surface area (Å²) in [5, 5.41) is 8.07. The van der Waals surface area contributed by atoms with Crippen LogP contribution in [-0.4, -0.2) is 78.0 Å². The molecule has 0 bridgehead atoms. The third-order valence-corrected chi connectivity index (χ3v) is 6.36. The van der Waals surface area contributed by atoms with Crippen LogP contribution < -0.4 is 27.4 Å². The van der Waals surface area contributed by atoms with Gasteiger partial charge in [-0.25, -0.2) is 4.79 Å². The zero-order chi connectivity index (χ0) is 32.6. The number of benzene rings is 1. The molecule has 0 radical (unpaired) electrons. The quantitative estimate of drug-likeness (QED) is 0.159. The second-order valence-corrected chi connectivity index (χ2v) is 12.2. The fourth-order valence-corrected chi connectivity index (χ4v) is 4.37. The van der Waals surface area contributed by atoms with Crippen LogP contribution in [0.2, 0.25) is 0 Å². The Balaban J connectivity index is 2.76. The SMILES string of the molecule is CCCN(CC(=O)N[C@@H](CCCCNC(=O)OC(C)(C)C)C(N)=O)C(=O)[C@H](CC(C)C)NC(=O)[C@@H](N)Cc1ccccc1. The number of rotatable bonds is 18. The Kier molecular flexibility index (Phi) is 16.3. The fraction of sp³-hybridized carbons (Fsp3) is 0.645. The van der Waals surface area contributed by atoms with Crippen molar-refractivity contribution in [1.82, 2.24) is 20.9 Å². The molecule has 0 aromatic heterocycles. The van der Waals surface area contributed by atoms with E-state index < -0.39 is 53.4 Å². The van der Waals surface area contributed by atoms with Crippen molar-refractivity contribution < 1.29 is 28.7 Å². The molecule has 1 aromatic rings. The number of nitrogens with zero attached hydrogens (tertiary/aromatic N) is 1. The van der Waals surface area contributed by atoms with Crippen LogP contribution in [0.25, 0.3) is 0 Å². The van der Waals surface area contributed by atoms with Gasteiger partial charge in [0.15, 0.2) is 0 Å². The molecule has 242 valence electrons. The van der Waals surface area contributed by atoms with Crippen LogP contribution in [0.1, 0.15) is 79.2 Å². The lowest BCUT2D eigenvalue weighted by atomic mass is 10.0. The van der Waals surface area contributed by atoms with Crippen molar-refractivity contribution in [1.29, 1.82) is 0 Å². The van der Waals surface area contributed by atoms with E-state index in [-0.39, 0.29) is 25.4 Å². The first-order valence-corrected chi connectivity index (χ1v) is 15.1. The van der Waals surface area contributed by atoms with E-state index in [9.17, 15) is 24.0 Å². The van der Waals surface area contributed by atoms with E-state index >= 15 is 0 Å². The maximum absolute atomic E-state index is 13.6. The van der Waals surface area contributed by atoms with Gasteiger partial charge in [0.05, 0.1) is 12.6 Å². The summed E-state index contributed by atoms with van der Waals surface area (Å²) in [5.41, 5.74) is 12.0. The number of nitrogens with one attached hydrogen (secondary N) is 3. The molecular formula is C31H52N6O6. The van der Waals surface area contributed by atoms with Gasteiger partial charge in [-0.1, -0.05) is 51.1 Å². The minimum Gasteiger partial charge on any atom is -0.444 e. The largest absolute Gasteiger partial charge is 0.444 e. The maximum atomic E-state index is 13.6. The second kappa shape index (κ2) is 18.8. The van der Waals surface area contributed by atoms with Gasteiger partial charge in [-0.2, -0.15) is 0 Å². The Morgan fingerprint density at radius 1 is 0.977 bits per heavy atom. The number of primary amides is 1. The Morgan fingerprint density at radius 3 is 2.19 bits per heavy atom. The first-order valence-electron chi connectivity index (χ1n) is 15.1. The number of unbranched alkanes of at least 4 members (excludes halogenated alkanes) is 1. The van der Waals surface area contributed by atoms with E-state index in [1.807, 2.05) is 51.1 Å². The third kappa shape index (κ3) is 15.9. The summed E-state index contributed by atoms with van der Waals surface area (Å²) in [6.07, 6.45) is 2.06. The highest BCUT2D eigenvalue weighted by Crippen LogP contribution is 2.11. The smallest absolute Gasteiger partial charge is 0.407 e. The van der Waals surface area contributed by atoms with Gasteiger partial charge in [-0.3, -0.25) is 19.2 Å². The van der Waals surface area contributed by atoms with Crippen LogP contribution in [0.3, 0.4) is 0 Å². The van der Waals surface area contributed by atoms with Crippen molar-refractivity contribution in [2.75, 3.05) is 19.6 Å². The first-order chi connectivity index (χ1) is 20.1. The lowest BCUT2D eigenvalue weighted by Gasteiger charge is -2.29. The van der Waals surface area contributed by atoms with E-state index in [1.165, 1.54) is 4.90 Å². The van der Waals surface area contributed by atoms with Crippen LogP contribution in [0, 0.1) is 5.92 Å². The van der Waals surface area contributed by atoms with Crippen LogP contribution >= 0.6 is 0 Å². The van der Waals surface area contributed by atoms with Gasteiger partial charge < -0.3 is 37.1 Å². The van der Waals surface area contributed by atoms with Crippen molar-refractivity contribution in [2.24, 2.45) is 17.4 Å². The Hall–Kier alpha value is -3.67. The summed E-state index contributed by atoms with van der Waals surface area (Å²) in [5.74, 6) is -1.98. The molecule has 0 aliphatic heterocycles. The Labute approximate surface area is 256 Å². The normalized spacial score (nSPS) is 13.4. The molecule has 0 aliphatic rings. The summed E-state index contributed by atoms with van der Waals surface area (Å²) in [6, 6.07) is 6.73. The molecule has 0 heterocycles. The van der Waals surface area contributed by atoms with Crippen LogP contribution in [0.15, 0.2) is 30.3 Å². The number of ether oxygens (including phenoxy) is 1. The van der Waals surface area contributed by atoms with Gasteiger partial charge in [-0.05, 0) is 70.8 Å². The highest BCUT2D eigenvalue weighted by Gasteiger charge is 2.30. The van der Waals surface area contributed by atoms with Crippen LogP contribution in [0.4, 0.5) is 4.79 Å². The molecule has 0 saturated heterocycles. The van der Waals surface area contributed by atoms with Gasteiger partial charge in [0.1, 0.15) is 17.7 Å². The Bertz CT molecular complexity index is 1040. The van der Waals surface area contributed by atoms with Gasteiger partial charge in [0, 0.05) is 13.1 Å². The molecule has 0 spiro atoms. The molecule has 43 heavy (non-hydrogen) atoms. The van der Waals surface area contributed by atoms with E-state index in [4.69, 9.17) is 16.2 Å². The molecule has 0 unspecified atom stereocenters. The van der Waals surface area contributed by atoms with Crippen molar-refractivity contribution in [2.45, 2.75) is 104 Å². The summed E-state index contributed by atoms with van der Waals surface area (Å²) in [4.78, 5) is 64.7. The minimum absolute atomic E-state index is 0.0842. The van der Waals surface area contributed by atoms with E-state index in [0.717, 1.165) is 5.56 Å². The lowest BCUT2D eigenvalue weighted by molar-refractivity contribution is -0.140. The van der Waals surface area contributed by atoms with Crippen molar-refractivity contribution >= 4 is 29.7 Å². The van der Waals surface area contributed by atoms with E-state index in [2.05, 4.69) is 16.0 Å². The summed E-state index contributed by atoms with van der Waals surface area (Å²) >= 11 is 0. The third-order valence-electron chi connectivity index (χ3n) is 6.36. The lowest BCUT2D eigenvalue weighted by Crippen LogP contribution is -2.55. The Morgan fingerprint density at radius 2 is 1.63 bits per heavy atom. The van der Waals surface area contributed by atoms with Gasteiger partial charge in [-0.15, -0.1) is 0 Å². The maximum Gasteiger partial charge on any atom is 0.407 e. The zero-order valence-corrected chi connectivity index (χ0v) is 26.6. The standard InChI is InChI=1S/C31H52N6O6/c1-7-17-37(20-26(38)35-24(27(33)39)15-11-12-16-34-30(42)43-31(4,5)6)29(41)25(18-21(2)3)36-28(40)23(32)19-22-13-9-8-10-14-22/h8-10,13-14,21,23-25H,7,11-12,15-20,32H2,1-6H3,(H2,33,39)(H,34,42)(H,35,38)(H,36,40)/t23-,24-,25-/m0/s1. The highest BCUT2D eigenvalue weighted by molar-refractivity contribution is 5.93. The molecule has 0 fully saturated rings. The van der Waals surface area contributed by atoms with Gasteiger partial charge in [0.2, 0.25) is 23.6 Å². The van der Waals surface area contributed by atoms with E-state index in [0.29, 0.717) is 38.6 Å². The molecule has 1 aromatic carbocycles. The number of carbonyl (C=O) groups is 5. The number of hydrogen-bond donors (Lipinski definition) is 5. The monoisotopic (exact) mass is 604 g/mol. The summed E-state index contributed by atoms with van der Waals surface area (Å²) in [6.45, 7) is 11.4. The zero-order valence-electron chi connectivity index (χ0n) is 26.6. The average Bonchev–Trinajstić information content (AvgIpc) is 2.90. The predicted molar refractivity (Wildman–Crippen MR) is 166 cm³/mol. The molecule has 12 nitrogen and oxygen atoms in total. The molecular weight excluding hydrogens is 552 g/mol. The molecule has 0 saturated carbocycles. The fourth-order valence-electron chi connectivity index (χ4n) is 4.37. The van der Waals surface area contributed by atoms with Crippen LogP contribution in [0.5, 0.6) is 0 Å². The van der Waals surface area contributed by atoms with E-state index in [1.54, 1.807) is 20.8 Å². The summed E-state index contributed by atoms with van der Waals surface area (Å²) in [7, 11) is 0. The molecule has 0 aliphatic carbocycles. The minimum atomic E-state index is -0.935. The number of amides is 5. The van der Waals surface area contributed by atoms with Crippen LogP contribution in [-0.2, 0) is 30.3 Å². The molecule has 5 amide bonds. The average molecular weight is 605 g/mol. The van der Waals surface area contributed by atoms with Crippen molar-refractivity contribution in [3.05, 3.63) is 35.9 Å². The van der Waals surface area contributed by atoms with Crippen molar-refractivity contribution in [3.8, 4) is 0 Å². The predicted octanol–water partition coefficient (Wildman–Crippen LogP) is 1.99. The second-order valence-electron chi connectivity index (χ2n) is 12.2.